The third kappa shape index (κ3) is 8.27. The molecule has 1 aliphatic heterocycles. The van der Waals surface area contributed by atoms with Gasteiger partial charge in [0.25, 0.3) is 0 Å². The van der Waals surface area contributed by atoms with Gasteiger partial charge in [-0.2, -0.15) is 0 Å². The molecule has 1 aromatic rings. The highest BCUT2D eigenvalue weighted by Gasteiger charge is 2.23. The molecule has 0 aliphatic carbocycles. The smallest absolute Gasteiger partial charge is 0.191 e. The van der Waals surface area contributed by atoms with Gasteiger partial charge in [0.15, 0.2) is 5.96 Å². The highest BCUT2D eigenvalue weighted by Crippen LogP contribution is 2.19. The first kappa shape index (κ1) is 22.0. The summed E-state index contributed by atoms with van der Waals surface area (Å²) < 4.78 is 5.56. The fourth-order valence-electron chi connectivity index (χ4n) is 2.84. The number of para-hydroxylation sites is 1. The maximum atomic E-state index is 5.56. The minimum atomic E-state index is 0. The standard InChI is InChI=1S/C19H32N4O.HI/c1-4-20-19(21-12-8-14-24-16(2)3)22-17-11-13-23(15-17)18-9-6-5-7-10-18;/h5-7,9-10,16-17H,4,8,11-15H2,1-3H3,(H2,20,21,22);1H. The van der Waals surface area contributed by atoms with Gasteiger partial charge in [-0.1, -0.05) is 18.2 Å². The van der Waals surface area contributed by atoms with Crippen molar-refractivity contribution < 1.29 is 4.74 Å². The van der Waals surface area contributed by atoms with Gasteiger partial charge in [0, 0.05) is 44.5 Å². The number of nitrogens with zero attached hydrogens (tertiary/aromatic N) is 2. The van der Waals surface area contributed by atoms with Crippen LogP contribution in [0.5, 0.6) is 0 Å². The van der Waals surface area contributed by atoms with Gasteiger partial charge in [0.05, 0.1) is 6.10 Å². The molecule has 1 heterocycles. The SMILES string of the molecule is CCNC(=NCCCOC(C)C)NC1CCN(c2ccccc2)C1.I. The van der Waals surface area contributed by atoms with E-state index in [9.17, 15) is 0 Å². The summed E-state index contributed by atoms with van der Waals surface area (Å²) in [4.78, 5) is 7.10. The van der Waals surface area contributed by atoms with Crippen molar-refractivity contribution in [3.05, 3.63) is 30.3 Å². The molecular weight excluding hydrogens is 427 g/mol. The Kier molecular flexibility index (Phi) is 10.9. The number of hydrogen-bond donors (Lipinski definition) is 2. The van der Waals surface area contributed by atoms with Crippen molar-refractivity contribution in [1.29, 1.82) is 0 Å². The van der Waals surface area contributed by atoms with Gasteiger partial charge in [-0.3, -0.25) is 4.99 Å². The van der Waals surface area contributed by atoms with Crippen molar-refractivity contribution in [3.63, 3.8) is 0 Å². The van der Waals surface area contributed by atoms with Gasteiger partial charge in [0.2, 0.25) is 0 Å². The van der Waals surface area contributed by atoms with E-state index >= 15 is 0 Å². The molecule has 0 amide bonds. The van der Waals surface area contributed by atoms with Gasteiger partial charge >= 0.3 is 0 Å². The molecule has 2 rings (SSSR count). The van der Waals surface area contributed by atoms with Crippen molar-refractivity contribution in [2.75, 3.05) is 37.7 Å². The highest BCUT2D eigenvalue weighted by molar-refractivity contribution is 14.0. The summed E-state index contributed by atoms with van der Waals surface area (Å²) in [5, 5.41) is 6.92. The van der Waals surface area contributed by atoms with Gasteiger partial charge in [0.1, 0.15) is 0 Å². The van der Waals surface area contributed by atoms with E-state index in [1.165, 1.54) is 5.69 Å². The Labute approximate surface area is 169 Å². The number of rotatable bonds is 8. The molecule has 0 bridgehead atoms. The summed E-state index contributed by atoms with van der Waals surface area (Å²) >= 11 is 0. The molecule has 5 nitrogen and oxygen atoms in total. The molecule has 6 heteroatoms. The van der Waals surface area contributed by atoms with Crippen molar-refractivity contribution in [2.45, 2.75) is 45.8 Å². The van der Waals surface area contributed by atoms with Crippen LogP contribution in [0.1, 0.15) is 33.6 Å². The first-order valence-electron chi connectivity index (χ1n) is 9.15. The molecule has 1 aromatic carbocycles. The predicted octanol–water partition coefficient (Wildman–Crippen LogP) is 3.25. The molecule has 1 atom stereocenters. The van der Waals surface area contributed by atoms with Crippen LogP contribution in [-0.2, 0) is 4.74 Å². The lowest BCUT2D eigenvalue weighted by atomic mass is 10.3. The molecule has 1 fully saturated rings. The second-order valence-electron chi connectivity index (χ2n) is 6.45. The number of aliphatic imine (C=N–C) groups is 1. The van der Waals surface area contributed by atoms with Crippen LogP contribution < -0.4 is 15.5 Å². The van der Waals surface area contributed by atoms with E-state index in [0.29, 0.717) is 12.1 Å². The van der Waals surface area contributed by atoms with Crippen LogP contribution in [0, 0.1) is 0 Å². The Morgan fingerprint density at radius 3 is 2.76 bits per heavy atom. The summed E-state index contributed by atoms with van der Waals surface area (Å²) in [7, 11) is 0. The Bertz CT molecular complexity index is 495. The molecule has 142 valence electrons. The number of hydrogen-bond acceptors (Lipinski definition) is 3. The molecular formula is C19H33IN4O. The van der Waals surface area contributed by atoms with E-state index in [1.807, 2.05) is 0 Å². The number of ether oxygens (including phenoxy) is 1. The first-order valence-corrected chi connectivity index (χ1v) is 9.15. The van der Waals surface area contributed by atoms with Crippen LogP contribution in [0.25, 0.3) is 0 Å². The number of guanidine groups is 1. The fourth-order valence-corrected chi connectivity index (χ4v) is 2.84. The van der Waals surface area contributed by atoms with E-state index in [0.717, 1.165) is 51.6 Å². The van der Waals surface area contributed by atoms with Crippen LogP contribution in [0.15, 0.2) is 35.3 Å². The topological polar surface area (TPSA) is 48.9 Å². The third-order valence-electron chi connectivity index (χ3n) is 4.02. The zero-order valence-electron chi connectivity index (χ0n) is 15.7. The minimum Gasteiger partial charge on any atom is -0.379 e. The molecule has 0 aromatic heterocycles. The van der Waals surface area contributed by atoms with E-state index in [-0.39, 0.29) is 24.0 Å². The number of halogens is 1. The van der Waals surface area contributed by atoms with E-state index in [2.05, 4.69) is 71.6 Å². The lowest BCUT2D eigenvalue weighted by molar-refractivity contribution is 0.0782. The Morgan fingerprint density at radius 2 is 2.08 bits per heavy atom. The largest absolute Gasteiger partial charge is 0.379 e. The highest BCUT2D eigenvalue weighted by atomic mass is 127. The maximum absolute atomic E-state index is 5.56. The first-order chi connectivity index (χ1) is 11.7. The molecule has 0 radical (unpaired) electrons. The van der Waals surface area contributed by atoms with Crippen LogP contribution >= 0.6 is 24.0 Å². The zero-order chi connectivity index (χ0) is 17.2. The zero-order valence-corrected chi connectivity index (χ0v) is 18.0. The molecule has 25 heavy (non-hydrogen) atoms. The number of benzene rings is 1. The van der Waals surface area contributed by atoms with E-state index < -0.39 is 0 Å². The van der Waals surface area contributed by atoms with Crippen LogP contribution in [0.4, 0.5) is 5.69 Å². The third-order valence-corrected chi connectivity index (χ3v) is 4.02. The Morgan fingerprint density at radius 1 is 1.32 bits per heavy atom. The predicted molar refractivity (Wildman–Crippen MR) is 117 cm³/mol. The number of anilines is 1. The average Bonchev–Trinajstić information content (AvgIpc) is 3.04. The summed E-state index contributed by atoms with van der Waals surface area (Å²) in [5.41, 5.74) is 1.30. The minimum absolute atomic E-state index is 0. The van der Waals surface area contributed by atoms with E-state index in [4.69, 9.17) is 4.74 Å². The molecule has 1 unspecified atom stereocenters. The normalized spacial score (nSPS) is 17.5. The van der Waals surface area contributed by atoms with Gasteiger partial charge in [-0.25, -0.2) is 0 Å². The Balaban J connectivity index is 0.00000312. The second kappa shape index (κ2) is 12.4. The summed E-state index contributed by atoms with van der Waals surface area (Å²) in [6.45, 7) is 10.8. The average molecular weight is 460 g/mol. The molecule has 1 aliphatic rings. The maximum Gasteiger partial charge on any atom is 0.191 e. The summed E-state index contributed by atoms with van der Waals surface area (Å²) in [5.74, 6) is 0.918. The van der Waals surface area contributed by atoms with Gasteiger partial charge < -0.3 is 20.3 Å². The Hall–Kier alpha value is -1.02. The van der Waals surface area contributed by atoms with Gasteiger partial charge in [-0.05, 0) is 45.7 Å². The lowest BCUT2D eigenvalue weighted by Gasteiger charge is -2.20. The lowest BCUT2D eigenvalue weighted by Crippen LogP contribution is -2.44. The molecule has 2 N–H and O–H groups in total. The summed E-state index contributed by atoms with van der Waals surface area (Å²) in [6, 6.07) is 11.1. The van der Waals surface area contributed by atoms with Crippen molar-refractivity contribution in [2.24, 2.45) is 4.99 Å². The van der Waals surface area contributed by atoms with Crippen molar-refractivity contribution in [3.8, 4) is 0 Å². The molecule has 1 saturated heterocycles. The number of nitrogens with one attached hydrogen (secondary N) is 2. The van der Waals surface area contributed by atoms with Crippen molar-refractivity contribution in [1.82, 2.24) is 10.6 Å². The molecule has 0 spiro atoms. The fraction of sp³-hybridized carbons (Fsp3) is 0.632. The van der Waals surface area contributed by atoms with Crippen molar-refractivity contribution >= 4 is 35.6 Å². The van der Waals surface area contributed by atoms with E-state index in [1.54, 1.807) is 0 Å². The van der Waals surface area contributed by atoms with Gasteiger partial charge in [-0.15, -0.1) is 24.0 Å². The summed E-state index contributed by atoms with van der Waals surface area (Å²) in [6.07, 6.45) is 2.38. The monoisotopic (exact) mass is 460 g/mol. The second-order valence-corrected chi connectivity index (χ2v) is 6.45. The van der Waals surface area contributed by atoms with Crippen LogP contribution in [-0.4, -0.2) is 50.9 Å². The van der Waals surface area contributed by atoms with Crippen LogP contribution in [0.2, 0.25) is 0 Å². The quantitative estimate of drug-likeness (QED) is 0.271. The van der Waals surface area contributed by atoms with Crippen LogP contribution in [0.3, 0.4) is 0 Å². The molecule has 0 saturated carbocycles.